The molecule has 0 saturated heterocycles. The van der Waals surface area contributed by atoms with Gasteiger partial charge in [-0.3, -0.25) is 4.57 Å². The predicted octanol–water partition coefficient (Wildman–Crippen LogP) is 7.13. The molecular formula is C27H29N3OS2. The van der Waals surface area contributed by atoms with Crippen molar-refractivity contribution in [2.45, 2.75) is 42.5 Å². The van der Waals surface area contributed by atoms with Crippen LogP contribution in [0.15, 0.2) is 88.9 Å². The number of hydrogen-bond acceptors (Lipinski definition) is 5. The van der Waals surface area contributed by atoms with Crippen LogP contribution < -0.4 is 4.74 Å². The molecule has 1 heterocycles. The van der Waals surface area contributed by atoms with Crippen LogP contribution in [0, 0.1) is 13.8 Å². The fourth-order valence-electron chi connectivity index (χ4n) is 3.30. The molecule has 6 heteroatoms. The molecule has 0 fully saturated rings. The van der Waals surface area contributed by atoms with Crippen LogP contribution in [0.25, 0.3) is 5.69 Å². The second kappa shape index (κ2) is 12.0. The SMILES string of the molecule is Cc1ccc(OCCCCSc2nnc(CSc3ccc(C)cc3)n2-c2ccccc2)cc1. The zero-order valence-corrected chi connectivity index (χ0v) is 20.7. The Balaban J connectivity index is 1.33. The van der Waals surface area contributed by atoms with Crippen LogP contribution in [-0.2, 0) is 5.75 Å². The fourth-order valence-corrected chi connectivity index (χ4v) is 5.08. The van der Waals surface area contributed by atoms with E-state index in [1.165, 1.54) is 16.0 Å². The van der Waals surface area contributed by atoms with E-state index in [-0.39, 0.29) is 0 Å². The first-order chi connectivity index (χ1) is 16.2. The van der Waals surface area contributed by atoms with Crippen molar-refractivity contribution in [3.05, 3.63) is 95.8 Å². The summed E-state index contributed by atoms with van der Waals surface area (Å²) in [5, 5.41) is 10.0. The lowest BCUT2D eigenvalue weighted by Gasteiger charge is -2.10. The standard InChI is InChI=1S/C27H29N3OS2/c1-21-10-14-24(15-11-21)31-18-6-7-19-32-27-29-28-26(30(27)23-8-4-3-5-9-23)20-33-25-16-12-22(2)13-17-25/h3-5,8-17H,6-7,18-20H2,1-2H3. The summed E-state index contributed by atoms with van der Waals surface area (Å²) in [5.74, 6) is 3.66. The number of thioether (sulfide) groups is 2. The quantitative estimate of drug-likeness (QED) is 0.170. The molecule has 4 rings (SSSR count). The molecule has 0 unspecified atom stereocenters. The minimum absolute atomic E-state index is 0.730. The Bertz CT molecular complexity index is 1130. The molecule has 170 valence electrons. The highest BCUT2D eigenvalue weighted by atomic mass is 32.2. The van der Waals surface area contributed by atoms with E-state index in [0.29, 0.717) is 0 Å². The van der Waals surface area contributed by atoms with Crippen molar-refractivity contribution in [2.24, 2.45) is 0 Å². The number of rotatable bonds is 11. The van der Waals surface area contributed by atoms with Gasteiger partial charge in [0.2, 0.25) is 0 Å². The Hall–Kier alpha value is -2.70. The highest BCUT2D eigenvalue weighted by molar-refractivity contribution is 7.99. The van der Waals surface area contributed by atoms with E-state index in [4.69, 9.17) is 4.74 Å². The largest absolute Gasteiger partial charge is 0.494 e. The zero-order chi connectivity index (χ0) is 22.9. The minimum Gasteiger partial charge on any atom is -0.494 e. The van der Waals surface area contributed by atoms with Crippen molar-refractivity contribution < 1.29 is 4.74 Å². The van der Waals surface area contributed by atoms with E-state index in [2.05, 4.69) is 89.3 Å². The summed E-state index contributed by atoms with van der Waals surface area (Å²) in [5.41, 5.74) is 3.62. The molecule has 0 radical (unpaired) electrons. The number of nitrogens with zero attached hydrogens (tertiary/aromatic N) is 3. The molecule has 0 bridgehead atoms. The van der Waals surface area contributed by atoms with Crippen molar-refractivity contribution in [2.75, 3.05) is 12.4 Å². The molecule has 4 nitrogen and oxygen atoms in total. The Morgan fingerprint density at radius 3 is 2.18 bits per heavy atom. The van der Waals surface area contributed by atoms with Gasteiger partial charge in [-0.25, -0.2) is 0 Å². The van der Waals surface area contributed by atoms with Gasteiger partial charge in [-0.05, 0) is 63.1 Å². The van der Waals surface area contributed by atoms with Crippen LogP contribution in [-0.4, -0.2) is 27.1 Å². The third-order valence-corrected chi connectivity index (χ3v) is 7.19. The maximum absolute atomic E-state index is 5.85. The lowest BCUT2D eigenvalue weighted by Crippen LogP contribution is -2.02. The molecule has 0 amide bonds. The molecule has 4 aromatic rings. The topological polar surface area (TPSA) is 39.9 Å². The maximum atomic E-state index is 5.85. The van der Waals surface area contributed by atoms with Crippen molar-refractivity contribution in [1.29, 1.82) is 0 Å². The molecule has 0 aliphatic carbocycles. The monoisotopic (exact) mass is 475 g/mol. The molecule has 0 aliphatic heterocycles. The van der Waals surface area contributed by atoms with Gasteiger partial charge in [0.15, 0.2) is 5.16 Å². The van der Waals surface area contributed by atoms with Gasteiger partial charge in [0.1, 0.15) is 11.6 Å². The molecule has 33 heavy (non-hydrogen) atoms. The Morgan fingerprint density at radius 1 is 0.758 bits per heavy atom. The van der Waals surface area contributed by atoms with E-state index in [1.54, 1.807) is 23.5 Å². The molecule has 0 saturated carbocycles. The van der Waals surface area contributed by atoms with Crippen LogP contribution in [0.4, 0.5) is 0 Å². The predicted molar refractivity (Wildman–Crippen MR) is 139 cm³/mol. The molecule has 3 aromatic carbocycles. The molecule has 0 N–H and O–H groups in total. The third-order valence-electron chi connectivity index (χ3n) is 5.16. The van der Waals surface area contributed by atoms with Gasteiger partial charge in [-0.1, -0.05) is 65.4 Å². The number of ether oxygens (including phenoxy) is 1. The van der Waals surface area contributed by atoms with Gasteiger partial charge in [-0.15, -0.1) is 22.0 Å². The van der Waals surface area contributed by atoms with E-state index in [0.717, 1.165) is 53.4 Å². The van der Waals surface area contributed by atoms with E-state index >= 15 is 0 Å². The van der Waals surface area contributed by atoms with Gasteiger partial charge >= 0.3 is 0 Å². The first-order valence-electron chi connectivity index (χ1n) is 11.2. The lowest BCUT2D eigenvalue weighted by atomic mass is 10.2. The minimum atomic E-state index is 0.730. The van der Waals surface area contributed by atoms with Crippen LogP contribution in [0.3, 0.4) is 0 Å². The van der Waals surface area contributed by atoms with Gasteiger partial charge in [0, 0.05) is 16.3 Å². The molecule has 0 spiro atoms. The van der Waals surface area contributed by atoms with Gasteiger partial charge in [0.05, 0.1) is 12.4 Å². The molecular weight excluding hydrogens is 446 g/mol. The summed E-state index contributed by atoms with van der Waals surface area (Å²) in [6, 6.07) is 27.2. The molecule has 1 aromatic heterocycles. The van der Waals surface area contributed by atoms with Crippen molar-refractivity contribution in [3.63, 3.8) is 0 Å². The summed E-state index contributed by atoms with van der Waals surface area (Å²) < 4.78 is 8.04. The Labute approximate surface area is 204 Å². The van der Waals surface area contributed by atoms with E-state index in [1.807, 2.05) is 18.2 Å². The smallest absolute Gasteiger partial charge is 0.195 e. The van der Waals surface area contributed by atoms with Crippen LogP contribution >= 0.6 is 23.5 Å². The second-order valence-electron chi connectivity index (χ2n) is 7.89. The number of aromatic nitrogens is 3. The van der Waals surface area contributed by atoms with E-state index in [9.17, 15) is 0 Å². The lowest BCUT2D eigenvalue weighted by molar-refractivity contribution is 0.310. The fraction of sp³-hybridized carbons (Fsp3) is 0.259. The molecule has 0 atom stereocenters. The maximum Gasteiger partial charge on any atom is 0.195 e. The highest BCUT2D eigenvalue weighted by Gasteiger charge is 2.14. The van der Waals surface area contributed by atoms with Crippen molar-refractivity contribution in [3.8, 4) is 11.4 Å². The van der Waals surface area contributed by atoms with Crippen molar-refractivity contribution >= 4 is 23.5 Å². The summed E-state index contributed by atoms with van der Waals surface area (Å²) >= 11 is 3.55. The number of unbranched alkanes of at least 4 members (excludes halogenated alkanes) is 1. The summed E-state index contributed by atoms with van der Waals surface area (Å²) in [6.07, 6.45) is 2.07. The first kappa shape index (κ1) is 23.5. The summed E-state index contributed by atoms with van der Waals surface area (Å²) in [4.78, 5) is 1.24. The van der Waals surface area contributed by atoms with Gasteiger partial charge < -0.3 is 4.74 Å². The average Bonchev–Trinajstić information content (AvgIpc) is 3.25. The first-order valence-corrected chi connectivity index (χ1v) is 13.2. The second-order valence-corrected chi connectivity index (χ2v) is 10.00. The third kappa shape index (κ3) is 6.89. The Morgan fingerprint density at radius 2 is 1.45 bits per heavy atom. The normalized spacial score (nSPS) is 11.0. The number of benzene rings is 3. The number of aryl methyl sites for hydroxylation is 2. The Kier molecular flexibility index (Phi) is 8.50. The van der Waals surface area contributed by atoms with Crippen LogP contribution in [0.2, 0.25) is 0 Å². The van der Waals surface area contributed by atoms with Gasteiger partial charge in [-0.2, -0.15) is 0 Å². The van der Waals surface area contributed by atoms with Gasteiger partial charge in [0.25, 0.3) is 0 Å². The molecule has 0 aliphatic rings. The number of hydrogen-bond donors (Lipinski definition) is 0. The average molecular weight is 476 g/mol. The number of para-hydroxylation sites is 1. The van der Waals surface area contributed by atoms with Crippen LogP contribution in [0.5, 0.6) is 5.75 Å². The van der Waals surface area contributed by atoms with Crippen molar-refractivity contribution in [1.82, 2.24) is 14.8 Å². The summed E-state index contributed by atoms with van der Waals surface area (Å²) in [7, 11) is 0. The van der Waals surface area contributed by atoms with Crippen LogP contribution in [0.1, 0.15) is 29.8 Å². The zero-order valence-electron chi connectivity index (χ0n) is 19.1. The van der Waals surface area contributed by atoms with E-state index < -0.39 is 0 Å². The summed E-state index contributed by atoms with van der Waals surface area (Å²) in [6.45, 7) is 4.92. The highest BCUT2D eigenvalue weighted by Crippen LogP contribution is 2.28.